The predicted octanol–water partition coefficient (Wildman–Crippen LogP) is 1.54. The number of ether oxygens (including phenoxy) is 1. The van der Waals surface area contributed by atoms with E-state index in [4.69, 9.17) is 10.5 Å². The van der Waals surface area contributed by atoms with Crippen LogP contribution in [0.4, 0.5) is 0 Å². The first-order valence-electron chi connectivity index (χ1n) is 6.26. The molecule has 4 nitrogen and oxygen atoms in total. The predicted molar refractivity (Wildman–Crippen MR) is 72.3 cm³/mol. The van der Waals surface area contributed by atoms with E-state index in [1.54, 1.807) is 11.3 Å². The lowest BCUT2D eigenvalue weighted by Gasteiger charge is -2.23. The van der Waals surface area contributed by atoms with Crippen LogP contribution in [0.3, 0.4) is 0 Å². The fraction of sp³-hybridized carbons (Fsp3) is 0.615. The molecule has 1 aliphatic rings. The normalized spacial score (nSPS) is 25.3. The zero-order valence-electron chi connectivity index (χ0n) is 10.8. The molecule has 3 unspecified atom stereocenters. The molecule has 5 heteroatoms. The lowest BCUT2D eigenvalue weighted by Crippen LogP contribution is -2.43. The van der Waals surface area contributed by atoms with Gasteiger partial charge in [0.25, 0.3) is 0 Å². The Kier molecular flexibility index (Phi) is 4.37. The molecule has 1 fully saturated rings. The highest BCUT2D eigenvalue weighted by atomic mass is 32.1. The Balaban J connectivity index is 2.03. The molecule has 0 bridgehead atoms. The van der Waals surface area contributed by atoms with Crippen LogP contribution < -0.4 is 11.1 Å². The molecule has 1 saturated heterocycles. The van der Waals surface area contributed by atoms with Crippen molar-refractivity contribution in [3.63, 3.8) is 0 Å². The van der Waals surface area contributed by atoms with Crippen LogP contribution in [-0.2, 0) is 9.53 Å². The Labute approximate surface area is 112 Å². The SMILES string of the molecule is CC(C)C(NC(=O)C1COCC1N)c1cccs1. The number of rotatable bonds is 4. The lowest BCUT2D eigenvalue weighted by molar-refractivity contribution is -0.126. The summed E-state index contributed by atoms with van der Waals surface area (Å²) in [5.41, 5.74) is 5.87. The average molecular weight is 268 g/mol. The third kappa shape index (κ3) is 2.91. The van der Waals surface area contributed by atoms with E-state index in [0.29, 0.717) is 19.1 Å². The molecule has 2 heterocycles. The zero-order valence-corrected chi connectivity index (χ0v) is 11.6. The van der Waals surface area contributed by atoms with Crippen molar-refractivity contribution < 1.29 is 9.53 Å². The van der Waals surface area contributed by atoms with Gasteiger partial charge in [-0.25, -0.2) is 0 Å². The van der Waals surface area contributed by atoms with Crippen LogP contribution in [0, 0.1) is 11.8 Å². The average Bonchev–Trinajstić information content (AvgIpc) is 2.95. The van der Waals surface area contributed by atoms with Crippen LogP contribution in [0.15, 0.2) is 17.5 Å². The summed E-state index contributed by atoms with van der Waals surface area (Å²) >= 11 is 1.67. The third-order valence-electron chi connectivity index (χ3n) is 3.28. The summed E-state index contributed by atoms with van der Waals surface area (Å²) in [6, 6.07) is 3.94. The second-order valence-corrected chi connectivity index (χ2v) is 6.03. The van der Waals surface area contributed by atoms with Crippen molar-refractivity contribution in [2.24, 2.45) is 17.6 Å². The molecule has 1 aromatic rings. The standard InChI is InChI=1S/C13H20N2O2S/c1-8(2)12(11-4-3-5-18-11)15-13(16)9-6-17-7-10(9)14/h3-5,8-10,12H,6-7,14H2,1-2H3,(H,15,16). The van der Waals surface area contributed by atoms with Crippen LogP contribution in [0.1, 0.15) is 24.8 Å². The molecule has 0 aromatic carbocycles. The molecule has 3 N–H and O–H groups in total. The highest BCUT2D eigenvalue weighted by molar-refractivity contribution is 7.10. The number of carbonyl (C=O) groups is 1. The highest BCUT2D eigenvalue weighted by Gasteiger charge is 2.33. The third-order valence-corrected chi connectivity index (χ3v) is 4.23. The molecule has 0 aliphatic carbocycles. The first-order valence-corrected chi connectivity index (χ1v) is 7.14. The van der Waals surface area contributed by atoms with Crippen molar-refractivity contribution in [2.75, 3.05) is 13.2 Å². The van der Waals surface area contributed by atoms with E-state index in [1.807, 2.05) is 11.4 Å². The number of carbonyl (C=O) groups excluding carboxylic acids is 1. The number of amides is 1. The van der Waals surface area contributed by atoms with Gasteiger partial charge in [-0.15, -0.1) is 11.3 Å². The van der Waals surface area contributed by atoms with Gasteiger partial charge in [0.15, 0.2) is 0 Å². The summed E-state index contributed by atoms with van der Waals surface area (Å²) in [6.07, 6.45) is 0. The fourth-order valence-corrected chi connectivity index (χ4v) is 3.08. The van der Waals surface area contributed by atoms with E-state index in [2.05, 4.69) is 25.2 Å². The second-order valence-electron chi connectivity index (χ2n) is 5.05. The smallest absolute Gasteiger partial charge is 0.227 e. The minimum atomic E-state index is -0.216. The maximum absolute atomic E-state index is 12.2. The Hall–Kier alpha value is -0.910. The first kappa shape index (κ1) is 13.5. The molecule has 0 saturated carbocycles. The topological polar surface area (TPSA) is 64.3 Å². The van der Waals surface area contributed by atoms with E-state index >= 15 is 0 Å². The zero-order chi connectivity index (χ0) is 13.1. The van der Waals surface area contributed by atoms with Gasteiger partial charge in [-0.3, -0.25) is 4.79 Å². The number of nitrogens with one attached hydrogen (secondary N) is 1. The highest BCUT2D eigenvalue weighted by Crippen LogP contribution is 2.26. The van der Waals surface area contributed by atoms with Crippen molar-refractivity contribution in [1.29, 1.82) is 0 Å². The summed E-state index contributed by atoms with van der Waals surface area (Å²) < 4.78 is 5.24. The Morgan fingerprint density at radius 3 is 2.83 bits per heavy atom. The first-order chi connectivity index (χ1) is 8.59. The molecular weight excluding hydrogens is 248 g/mol. The number of nitrogens with two attached hydrogens (primary N) is 1. The quantitative estimate of drug-likeness (QED) is 0.870. The van der Waals surface area contributed by atoms with Crippen LogP contribution in [0.25, 0.3) is 0 Å². The summed E-state index contributed by atoms with van der Waals surface area (Å²) in [5, 5.41) is 5.13. The number of hydrogen-bond acceptors (Lipinski definition) is 4. The van der Waals surface area contributed by atoms with Crippen LogP contribution >= 0.6 is 11.3 Å². The maximum atomic E-state index is 12.2. The Morgan fingerprint density at radius 2 is 2.33 bits per heavy atom. The number of hydrogen-bond donors (Lipinski definition) is 2. The van der Waals surface area contributed by atoms with Crippen LogP contribution in [-0.4, -0.2) is 25.2 Å². The van der Waals surface area contributed by atoms with Gasteiger partial charge in [0, 0.05) is 10.9 Å². The van der Waals surface area contributed by atoms with Gasteiger partial charge in [-0.2, -0.15) is 0 Å². The fourth-order valence-electron chi connectivity index (χ4n) is 2.14. The van der Waals surface area contributed by atoms with Crippen LogP contribution in [0.5, 0.6) is 0 Å². The molecule has 1 aromatic heterocycles. The van der Waals surface area contributed by atoms with Gasteiger partial charge in [0.1, 0.15) is 0 Å². The molecule has 1 amide bonds. The van der Waals surface area contributed by atoms with Crippen molar-refractivity contribution >= 4 is 17.2 Å². The van der Waals surface area contributed by atoms with E-state index in [0.717, 1.165) is 0 Å². The maximum Gasteiger partial charge on any atom is 0.227 e. The summed E-state index contributed by atoms with van der Waals surface area (Å²) in [4.78, 5) is 13.4. The van der Waals surface area contributed by atoms with Gasteiger partial charge in [-0.05, 0) is 17.4 Å². The molecule has 0 radical (unpaired) electrons. The number of thiophene rings is 1. The van der Waals surface area contributed by atoms with Gasteiger partial charge >= 0.3 is 0 Å². The van der Waals surface area contributed by atoms with Crippen molar-refractivity contribution in [3.05, 3.63) is 22.4 Å². The van der Waals surface area contributed by atoms with Gasteiger partial charge < -0.3 is 15.8 Å². The molecule has 100 valence electrons. The van der Waals surface area contributed by atoms with E-state index in [-0.39, 0.29) is 23.9 Å². The van der Waals surface area contributed by atoms with Crippen molar-refractivity contribution in [2.45, 2.75) is 25.9 Å². The molecule has 18 heavy (non-hydrogen) atoms. The summed E-state index contributed by atoms with van der Waals surface area (Å²) in [5.74, 6) is 0.143. The summed E-state index contributed by atoms with van der Waals surface area (Å²) in [6.45, 7) is 5.12. The molecule has 1 aliphatic heterocycles. The van der Waals surface area contributed by atoms with E-state index in [9.17, 15) is 4.79 Å². The van der Waals surface area contributed by atoms with Crippen molar-refractivity contribution in [3.8, 4) is 0 Å². The minimum absolute atomic E-state index is 0.00657. The monoisotopic (exact) mass is 268 g/mol. The lowest BCUT2D eigenvalue weighted by atomic mass is 9.99. The van der Waals surface area contributed by atoms with E-state index in [1.165, 1.54) is 4.88 Å². The molecule has 2 rings (SSSR count). The van der Waals surface area contributed by atoms with E-state index < -0.39 is 0 Å². The van der Waals surface area contributed by atoms with Gasteiger partial charge in [-0.1, -0.05) is 19.9 Å². The van der Waals surface area contributed by atoms with Crippen LogP contribution in [0.2, 0.25) is 0 Å². The van der Waals surface area contributed by atoms with Gasteiger partial charge in [0.05, 0.1) is 25.2 Å². The molecular formula is C13H20N2O2S. The minimum Gasteiger partial charge on any atom is -0.379 e. The van der Waals surface area contributed by atoms with Crippen molar-refractivity contribution in [1.82, 2.24) is 5.32 Å². The second kappa shape index (κ2) is 5.82. The Morgan fingerprint density at radius 1 is 1.56 bits per heavy atom. The largest absolute Gasteiger partial charge is 0.379 e. The molecule has 3 atom stereocenters. The molecule has 0 spiro atoms. The summed E-state index contributed by atoms with van der Waals surface area (Å²) in [7, 11) is 0. The Bertz CT molecular complexity index is 392. The van der Waals surface area contributed by atoms with Gasteiger partial charge in [0.2, 0.25) is 5.91 Å².